The zero-order valence-electron chi connectivity index (χ0n) is 23.8. The molecule has 0 amide bonds. The number of nitrogens with one attached hydrogen (secondary N) is 1. The topological polar surface area (TPSA) is 115 Å². The van der Waals surface area contributed by atoms with Crippen LogP contribution in [0.1, 0.15) is 22.8 Å². The summed E-state index contributed by atoms with van der Waals surface area (Å²) in [5.41, 5.74) is 32.4. The van der Waals surface area contributed by atoms with Crippen molar-refractivity contribution in [1.29, 1.82) is 0 Å². The van der Waals surface area contributed by atoms with E-state index >= 15 is 0 Å². The molecule has 0 fully saturated rings. The van der Waals surface area contributed by atoms with Crippen molar-refractivity contribution in [2.45, 2.75) is 12.5 Å². The molecule has 6 heteroatoms. The van der Waals surface area contributed by atoms with Crippen LogP contribution in [0.2, 0.25) is 0 Å². The molecule has 6 aromatic rings. The first-order chi connectivity index (χ1) is 21.5. The van der Waals surface area contributed by atoms with Gasteiger partial charge in [0.2, 0.25) is 0 Å². The summed E-state index contributed by atoms with van der Waals surface area (Å²) in [5.74, 6) is 0.447. The van der Waals surface area contributed by atoms with E-state index in [2.05, 4.69) is 70.6 Å². The van der Waals surface area contributed by atoms with E-state index in [1.807, 2.05) is 48.5 Å². The summed E-state index contributed by atoms with van der Waals surface area (Å²) in [5, 5.41) is 19.4. The molecular formula is C38H29N5O. The van der Waals surface area contributed by atoms with E-state index < -0.39 is 6.10 Å². The second-order valence-electron chi connectivity index (χ2n) is 11.8. The summed E-state index contributed by atoms with van der Waals surface area (Å²) in [6.07, 6.45) is 1.92. The molecule has 3 aliphatic carbocycles. The second-order valence-corrected chi connectivity index (χ2v) is 11.8. The molecule has 1 heterocycles. The lowest BCUT2D eigenvalue weighted by molar-refractivity contribution is 0.177. The van der Waals surface area contributed by atoms with Gasteiger partial charge in [-0.15, -0.1) is 0 Å². The number of nitrogens with zero attached hydrogens (tertiary/aromatic N) is 1. The highest BCUT2D eigenvalue weighted by Gasteiger charge is 2.41. The number of aromatic nitrogens is 1. The molecule has 0 saturated heterocycles. The maximum Gasteiger partial charge on any atom is 0.134 e. The van der Waals surface area contributed by atoms with Crippen LogP contribution in [0.25, 0.3) is 55.2 Å². The Balaban J connectivity index is 1.29. The van der Waals surface area contributed by atoms with Gasteiger partial charge in [-0.05, 0) is 57.3 Å². The van der Waals surface area contributed by atoms with Gasteiger partial charge in [-0.3, -0.25) is 4.57 Å². The minimum atomic E-state index is -0.711. The Labute approximate surface area is 253 Å². The monoisotopic (exact) mass is 571 g/mol. The van der Waals surface area contributed by atoms with Gasteiger partial charge < -0.3 is 27.6 Å². The van der Waals surface area contributed by atoms with Gasteiger partial charge in [0.05, 0.1) is 34.2 Å². The van der Waals surface area contributed by atoms with E-state index in [9.17, 15) is 5.11 Å². The van der Waals surface area contributed by atoms with Crippen LogP contribution >= 0.6 is 0 Å². The first-order valence-electron chi connectivity index (χ1n) is 14.8. The van der Waals surface area contributed by atoms with Crippen LogP contribution in [-0.4, -0.2) is 9.67 Å². The summed E-state index contributed by atoms with van der Waals surface area (Å²) in [6, 6.07) is 35.1. The van der Waals surface area contributed by atoms with Crippen LogP contribution in [0.15, 0.2) is 137 Å². The Morgan fingerprint density at radius 2 is 1.45 bits per heavy atom. The molecular weight excluding hydrogens is 542 g/mol. The van der Waals surface area contributed by atoms with Crippen molar-refractivity contribution in [3.63, 3.8) is 0 Å². The molecule has 0 unspecified atom stereocenters. The normalized spacial score (nSPS) is 17.5. The Morgan fingerprint density at radius 3 is 2.25 bits per heavy atom. The Bertz CT molecular complexity index is 2390. The summed E-state index contributed by atoms with van der Waals surface area (Å²) < 4.78 is 2.07. The van der Waals surface area contributed by atoms with Crippen molar-refractivity contribution >= 4 is 44.1 Å². The molecule has 5 aromatic carbocycles. The highest BCUT2D eigenvalue weighted by atomic mass is 16.3. The van der Waals surface area contributed by atoms with E-state index in [0.29, 0.717) is 34.9 Å². The van der Waals surface area contributed by atoms with Gasteiger partial charge in [0.15, 0.2) is 0 Å². The fourth-order valence-corrected chi connectivity index (χ4v) is 6.89. The first kappa shape index (κ1) is 24.8. The minimum Gasteiger partial charge on any atom is -0.396 e. The van der Waals surface area contributed by atoms with Crippen LogP contribution in [0.3, 0.4) is 0 Å². The average molecular weight is 572 g/mol. The predicted octanol–water partition coefficient (Wildman–Crippen LogP) is 6.37. The molecule has 8 N–H and O–H groups in total. The molecule has 0 spiro atoms. The van der Waals surface area contributed by atoms with Gasteiger partial charge in [0.25, 0.3) is 0 Å². The lowest BCUT2D eigenvalue weighted by Crippen LogP contribution is -2.26. The van der Waals surface area contributed by atoms with Crippen LogP contribution in [0, 0.1) is 0 Å². The summed E-state index contributed by atoms with van der Waals surface area (Å²) in [6.45, 7) is 0. The minimum absolute atomic E-state index is 0.327. The molecule has 6 nitrogen and oxygen atoms in total. The van der Waals surface area contributed by atoms with E-state index in [4.69, 9.17) is 17.2 Å². The molecule has 1 aromatic heterocycles. The molecule has 212 valence electrons. The average Bonchev–Trinajstić information content (AvgIpc) is 3.96. The Kier molecular flexibility index (Phi) is 5.02. The fraction of sp³-hybridized carbons (Fsp3) is 0.0526. The zero-order chi connectivity index (χ0) is 29.7. The number of hydrogen-bond donors (Lipinski definition) is 5. The number of rotatable bonds is 5. The third-order valence-corrected chi connectivity index (χ3v) is 9.27. The molecule has 44 heavy (non-hydrogen) atoms. The van der Waals surface area contributed by atoms with Crippen molar-refractivity contribution in [2.75, 3.05) is 0 Å². The molecule has 0 bridgehead atoms. The van der Waals surface area contributed by atoms with Gasteiger partial charge in [0.1, 0.15) is 11.5 Å². The van der Waals surface area contributed by atoms with Crippen LogP contribution in [0.5, 0.6) is 0 Å². The number of para-hydroxylation sites is 1. The number of hydrogen-bond acceptors (Lipinski definition) is 5. The molecule has 0 radical (unpaired) electrons. The van der Waals surface area contributed by atoms with Gasteiger partial charge in [0, 0.05) is 33.9 Å². The number of nitrogens with two attached hydrogens (primary N) is 3. The molecule has 1 atom stereocenters. The third kappa shape index (κ3) is 3.52. The van der Waals surface area contributed by atoms with Crippen molar-refractivity contribution in [3.05, 3.63) is 154 Å². The SMILES string of the molecule is N/C(=C(NC1=C2C=C21)\C(N)=C(/N)c1cccc2c1[C@@H](O)Cc1ccccc1-2)n1c2ccccc2c2cc3ccccc3cc21. The molecule has 3 aliphatic rings. The largest absolute Gasteiger partial charge is 0.396 e. The van der Waals surface area contributed by atoms with E-state index in [0.717, 1.165) is 55.1 Å². The molecule has 0 aliphatic heterocycles. The summed E-state index contributed by atoms with van der Waals surface area (Å²) >= 11 is 0. The smallest absolute Gasteiger partial charge is 0.134 e. The summed E-state index contributed by atoms with van der Waals surface area (Å²) in [7, 11) is 0. The first-order valence-corrected chi connectivity index (χ1v) is 14.8. The third-order valence-electron chi connectivity index (χ3n) is 9.27. The predicted molar refractivity (Wildman–Crippen MR) is 178 cm³/mol. The van der Waals surface area contributed by atoms with Crippen molar-refractivity contribution < 1.29 is 5.11 Å². The Morgan fingerprint density at radius 1 is 0.750 bits per heavy atom. The Hall–Kier alpha value is -5.72. The van der Waals surface area contributed by atoms with Gasteiger partial charge >= 0.3 is 0 Å². The highest BCUT2D eigenvalue weighted by Crippen LogP contribution is 2.52. The van der Waals surface area contributed by atoms with Crippen LogP contribution < -0.4 is 22.5 Å². The highest BCUT2D eigenvalue weighted by molar-refractivity contribution is 6.14. The van der Waals surface area contributed by atoms with Gasteiger partial charge in [-0.2, -0.15) is 0 Å². The van der Waals surface area contributed by atoms with Gasteiger partial charge in [-0.1, -0.05) is 84.9 Å². The van der Waals surface area contributed by atoms with Crippen molar-refractivity contribution in [1.82, 2.24) is 9.88 Å². The van der Waals surface area contributed by atoms with E-state index in [1.165, 1.54) is 16.5 Å². The maximum atomic E-state index is 11.3. The quantitative estimate of drug-likeness (QED) is 0.154. The number of aliphatic hydroxyl groups excluding tert-OH is 1. The van der Waals surface area contributed by atoms with Crippen LogP contribution in [0.4, 0.5) is 0 Å². The molecule has 0 saturated carbocycles. The van der Waals surface area contributed by atoms with Crippen molar-refractivity contribution in [2.24, 2.45) is 17.2 Å². The van der Waals surface area contributed by atoms with E-state index in [1.54, 1.807) is 0 Å². The van der Waals surface area contributed by atoms with Crippen molar-refractivity contribution in [3.8, 4) is 11.1 Å². The number of aliphatic hydroxyl groups is 1. The fourth-order valence-electron chi connectivity index (χ4n) is 6.89. The lowest BCUT2D eigenvalue weighted by Gasteiger charge is -2.27. The van der Waals surface area contributed by atoms with E-state index in [-0.39, 0.29) is 0 Å². The maximum absolute atomic E-state index is 11.3. The molecule has 9 rings (SSSR count). The number of benzene rings is 5. The van der Waals surface area contributed by atoms with Gasteiger partial charge in [-0.25, -0.2) is 0 Å². The lowest BCUT2D eigenvalue weighted by atomic mass is 9.81. The number of fused-ring (bicyclic) bond motifs is 8. The number of allylic oxidation sites excluding steroid dienone is 3. The standard InChI is InChI=1S/C38H29N5O/c39-34(26-14-7-13-25-23-11-4-3-10-22(23)18-32(44)33(25)26)35(40)37(42-36-28-19-29(28)36)38(41)43-30-15-6-5-12-24(30)27-16-20-8-1-2-9-21(20)17-31(27)43/h1-17,19,32,42,44H,18,39-41H2/b35-34+,38-37-/t32-/m0/s1. The zero-order valence-corrected chi connectivity index (χ0v) is 23.8. The summed E-state index contributed by atoms with van der Waals surface area (Å²) in [4.78, 5) is 0. The second kappa shape index (κ2) is 8.89. The van der Waals surface area contributed by atoms with Crippen LogP contribution in [-0.2, 0) is 6.42 Å².